The molecule has 0 radical (unpaired) electrons. The van der Waals surface area contributed by atoms with Gasteiger partial charge in [0.1, 0.15) is 6.26 Å². The van der Waals surface area contributed by atoms with Crippen LogP contribution in [0, 0.1) is 0 Å². The summed E-state index contributed by atoms with van der Waals surface area (Å²) < 4.78 is 32.0. The molecule has 1 fully saturated rings. The summed E-state index contributed by atoms with van der Waals surface area (Å²) in [4.78, 5) is 20.4. The van der Waals surface area contributed by atoms with Gasteiger partial charge in [-0.05, 0) is 24.5 Å². The fourth-order valence-corrected chi connectivity index (χ4v) is 3.73. The first-order valence-corrected chi connectivity index (χ1v) is 9.50. The van der Waals surface area contributed by atoms with Crippen LogP contribution in [0.1, 0.15) is 40.7 Å². The number of nitrogens with zero attached hydrogens (tertiary/aromatic N) is 2. The minimum absolute atomic E-state index is 0.0264. The molecule has 1 aromatic carbocycles. The van der Waals surface area contributed by atoms with Crippen LogP contribution in [-0.4, -0.2) is 24.3 Å². The summed E-state index contributed by atoms with van der Waals surface area (Å²) in [5.74, 6) is -0.398. The summed E-state index contributed by atoms with van der Waals surface area (Å²) in [5.41, 5.74) is 1.10. The minimum Gasteiger partial charge on any atom is -0.448 e. The van der Waals surface area contributed by atoms with E-state index in [1.165, 1.54) is 6.26 Å². The van der Waals surface area contributed by atoms with Crippen molar-refractivity contribution in [3.05, 3.63) is 59.9 Å². The van der Waals surface area contributed by atoms with E-state index in [4.69, 9.17) is 4.42 Å². The molecule has 0 aliphatic heterocycles. The summed E-state index contributed by atoms with van der Waals surface area (Å²) in [5, 5.41) is 0.840. The van der Waals surface area contributed by atoms with Crippen LogP contribution in [0.3, 0.4) is 0 Å². The van der Waals surface area contributed by atoms with Gasteiger partial charge >= 0.3 is 0 Å². The lowest BCUT2D eigenvalue weighted by atomic mass is 10.1. The van der Waals surface area contributed by atoms with Gasteiger partial charge in [-0.15, -0.1) is 0 Å². The zero-order valence-corrected chi connectivity index (χ0v) is 14.0. The highest BCUT2D eigenvalue weighted by Crippen LogP contribution is 2.39. The number of carbonyl (C=O) groups is 1. The maximum Gasteiger partial charge on any atom is 0.286 e. The van der Waals surface area contributed by atoms with E-state index in [-0.39, 0.29) is 17.4 Å². The van der Waals surface area contributed by atoms with E-state index >= 15 is 0 Å². The number of para-hydroxylation sites is 1. The number of fused-ring (bicyclic) bond motifs is 1. The third-order valence-corrected chi connectivity index (χ3v) is 5.18. The van der Waals surface area contributed by atoms with E-state index in [9.17, 15) is 13.2 Å². The van der Waals surface area contributed by atoms with Crippen LogP contribution in [0.25, 0.3) is 10.9 Å². The molecular formula is C17H15N3O4S. The van der Waals surface area contributed by atoms with Crippen molar-refractivity contribution in [1.82, 2.24) is 14.7 Å². The molecule has 1 amide bonds. The van der Waals surface area contributed by atoms with Crippen LogP contribution in [0.5, 0.6) is 0 Å². The average molecular weight is 357 g/mol. The van der Waals surface area contributed by atoms with Crippen molar-refractivity contribution in [2.75, 3.05) is 0 Å². The molecule has 128 valence electrons. The van der Waals surface area contributed by atoms with Crippen LogP contribution in [0.15, 0.2) is 47.2 Å². The third-order valence-electron chi connectivity index (χ3n) is 3.99. The van der Waals surface area contributed by atoms with Gasteiger partial charge in [0.2, 0.25) is 10.0 Å². The van der Waals surface area contributed by atoms with E-state index < -0.39 is 15.9 Å². The second-order valence-corrected chi connectivity index (χ2v) is 7.75. The largest absolute Gasteiger partial charge is 0.448 e. The Hall–Kier alpha value is -2.74. The Bertz CT molecular complexity index is 1050. The van der Waals surface area contributed by atoms with Crippen molar-refractivity contribution >= 4 is 26.8 Å². The van der Waals surface area contributed by atoms with Gasteiger partial charge in [0.25, 0.3) is 5.91 Å². The number of benzene rings is 1. The molecular weight excluding hydrogens is 342 g/mol. The maximum atomic E-state index is 12.4. The summed E-state index contributed by atoms with van der Waals surface area (Å²) in [6.07, 6.45) is 4.76. The van der Waals surface area contributed by atoms with Gasteiger partial charge in [-0.3, -0.25) is 9.78 Å². The molecule has 0 bridgehead atoms. The lowest BCUT2D eigenvalue weighted by Crippen LogP contribution is -2.32. The molecule has 3 aromatic rings. The van der Waals surface area contributed by atoms with Crippen molar-refractivity contribution in [3.8, 4) is 0 Å². The molecule has 7 nitrogen and oxygen atoms in total. The van der Waals surface area contributed by atoms with Crippen LogP contribution >= 0.6 is 0 Å². The zero-order chi connectivity index (χ0) is 17.4. The van der Waals surface area contributed by atoms with Crippen molar-refractivity contribution < 1.29 is 17.6 Å². The highest BCUT2D eigenvalue weighted by Gasteiger charge is 2.30. The van der Waals surface area contributed by atoms with Crippen LogP contribution < -0.4 is 4.72 Å². The number of nitrogens with one attached hydrogen (secondary N) is 1. The van der Waals surface area contributed by atoms with Crippen molar-refractivity contribution in [2.24, 2.45) is 0 Å². The predicted molar refractivity (Wildman–Crippen MR) is 90.3 cm³/mol. The Morgan fingerprint density at radius 1 is 1.24 bits per heavy atom. The topological polar surface area (TPSA) is 102 Å². The number of oxazole rings is 1. The smallest absolute Gasteiger partial charge is 0.286 e. The molecule has 2 heterocycles. The Morgan fingerprint density at radius 3 is 2.84 bits per heavy atom. The zero-order valence-electron chi connectivity index (χ0n) is 13.2. The minimum atomic E-state index is -3.89. The van der Waals surface area contributed by atoms with Gasteiger partial charge in [0, 0.05) is 17.5 Å². The first kappa shape index (κ1) is 15.8. The van der Waals surface area contributed by atoms with Gasteiger partial charge in [-0.25, -0.2) is 18.1 Å². The summed E-state index contributed by atoms with van der Waals surface area (Å²) in [6.45, 7) is 0. The number of carbonyl (C=O) groups excluding carboxylic acids is 1. The highest BCUT2D eigenvalue weighted by molar-refractivity contribution is 7.89. The van der Waals surface area contributed by atoms with Crippen molar-refractivity contribution in [2.45, 2.75) is 24.5 Å². The number of pyridine rings is 1. The molecule has 1 aliphatic rings. The Morgan fingerprint density at radius 2 is 2.04 bits per heavy atom. The number of aromatic nitrogens is 2. The Labute approximate surface area is 144 Å². The fraction of sp³-hybridized carbons (Fsp3) is 0.235. The lowest BCUT2D eigenvalue weighted by Gasteiger charge is -2.07. The highest BCUT2D eigenvalue weighted by atomic mass is 32.2. The van der Waals surface area contributed by atoms with Gasteiger partial charge < -0.3 is 4.42 Å². The molecule has 0 unspecified atom stereocenters. The lowest BCUT2D eigenvalue weighted by molar-refractivity contribution is 0.0976. The van der Waals surface area contributed by atoms with Crippen molar-refractivity contribution in [1.29, 1.82) is 0 Å². The van der Waals surface area contributed by atoms with Gasteiger partial charge in [0.05, 0.1) is 11.3 Å². The van der Waals surface area contributed by atoms with Gasteiger partial charge in [-0.1, -0.05) is 24.3 Å². The quantitative estimate of drug-likeness (QED) is 0.752. The molecule has 1 saturated carbocycles. The van der Waals surface area contributed by atoms with Crippen LogP contribution in [0.2, 0.25) is 0 Å². The van der Waals surface area contributed by atoms with Crippen LogP contribution in [-0.2, 0) is 15.8 Å². The van der Waals surface area contributed by atoms with Gasteiger partial charge in [-0.2, -0.15) is 0 Å². The fourth-order valence-electron chi connectivity index (χ4n) is 2.63. The number of amides is 1. The van der Waals surface area contributed by atoms with Crippen LogP contribution in [0.4, 0.5) is 0 Å². The molecule has 2 aromatic heterocycles. The van der Waals surface area contributed by atoms with E-state index in [2.05, 4.69) is 9.97 Å². The van der Waals surface area contributed by atoms with Crippen molar-refractivity contribution in [3.63, 3.8) is 0 Å². The molecule has 8 heteroatoms. The first-order chi connectivity index (χ1) is 12.0. The third kappa shape index (κ3) is 3.39. The number of sulfonamides is 1. The summed E-state index contributed by atoms with van der Waals surface area (Å²) in [6, 6.07) is 8.93. The van der Waals surface area contributed by atoms with E-state index in [0.717, 1.165) is 18.2 Å². The average Bonchev–Trinajstić information content (AvgIpc) is 3.31. The molecule has 0 saturated heterocycles. The molecule has 25 heavy (non-hydrogen) atoms. The van der Waals surface area contributed by atoms with E-state index in [1.54, 1.807) is 24.4 Å². The monoisotopic (exact) mass is 357 g/mol. The number of hydrogen-bond donors (Lipinski definition) is 1. The molecule has 1 N–H and O–H groups in total. The number of hydrogen-bond acceptors (Lipinski definition) is 6. The predicted octanol–water partition coefficient (Wildman–Crippen LogP) is 2.36. The second-order valence-electron chi connectivity index (χ2n) is 6.03. The van der Waals surface area contributed by atoms with E-state index in [0.29, 0.717) is 17.0 Å². The first-order valence-electron chi connectivity index (χ1n) is 7.85. The SMILES string of the molecule is O=C(NS(=O)(=O)Cc1cccc2cccnc12)c1coc(C2CC2)n1. The Balaban J connectivity index is 1.53. The Kier molecular flexibility index (Phi) is 3.76. The summed E-state index contributed by atoms with van der Waals surface area (Å²) >= 11 is 0. The molecule has 0 atom stereocenters. The normalized spacial score (nSPS) is 14.6. The molecule has 0 spiro atoms. The second kappa shape index (κ2) is 5.96. The standard InChI is InChI=1S/C17H15N3O4S/c21-16(14-9-24-17(19-14)12-6-7-12)20-25(22,23)10-13-4-1-3-11-5-2-8-18-15(11)13/h1-5,8-9,12H,6-7,10H2,(H,20,21). The summed E-state index contributed by atoms with van der Waals surface area (Å²) in [7, 11) is -3.89. The maximum absolute atomic E-state index is 12.4. The molecule has 4 rings (SSSR count). The number of rotatable bonds is 5. The molecule has 1 aliphatic carbocycles. The van der Waals surface area contributed by atoms with E-state index in [1.807, 2.05) is 16.9 Å². The van der Waals surface area contributed by atoms with Gasteiger partial charge in [0.15, 0.2) is 11.6 Å².